The van der Waals surface area contributed by atoms with E-state index in [-0.39, 0.29) is 5.56 Å². The zero-order chi connectivity index (χ0) is 12.5. The zero-order valence-corrected chi connectivity index (χ0v) is 9.91. The van der Waals surface area contributed by atoms with Crippen molar-refractivity contribution >= 4 is 11.6 Å². The van der Waals surface area contributed by atoms with Gasteiger partial charge in [0.1, 0.15) is 5.75 Å². The van der Waals surface area contributed by atoms with Gasteiger partial charge in [-0.1, -0.05) is 12.1 Å². The molecule has 0 heterocycles. The second-order valence-corrected chi connectivity index (χ2v) is 4.03. The van der Waals surface area contributed by atoms with Crippen LogP contribution in [0, 0.1) is 13.8 Å². The van der Waals surface area contributed by atoms with E-state index in [1.165, 1.54) is 19.2 Å². The van der Waals surface area contributed by atoms with Crippen LogP contribution in [0.15, 0.2) is 12.1 Å². The number of ether oxygens (including phenoxy) is 1. The van der Waals surface area contributed by atoms with Crippen LogP contribution in [-0.4, -0.2) is 13.3 Å². The lowest BCUT2D eigenvalue weighted by Gasteiger charge is -2.17. The lowest BCUT2D eigenvalue weighted by atomic mass is 10.0. The van der Waals surface area contributed by atoms with Crippen molar-refractivity contribution in [1.29, 1.82) is 0 Å². The van der Waals surface area contributed by atoms with Crippen molar-refractivity contribution in [2.45, 2.75) is 25.4 Å². The van der Waals surface area contributed by atoms with Gasteiger partial charge in [-0.25, -0.2) is 0 Å². The maximum atomic E-state index is 12.4. The summed E-state index contributed by atoms with van der Waals surface area (Å²) in [7, 11) is 1.48. The minimum atomic E-state index is -4.44. The van der Waals surface area contributed by atoms with E-state index < -0.39 is 11.6 Å². The summed E-state index contributed by atoms with van der Waals surface area (Å²) in [5.74, 6) is 0.592. The molecule has 1 aromatic carbocycles. The summed E-state index contributed by atoms with van der Waals surface area (Å²) in [6.07, 6.45) is -4.44. The SMILES string of the molecule is COc1c(C)cc(C(Cl)C(F)(F)F)cc1C. The third-order valence-corrected chi connectivity index (χ3v) is 2.77. The molecule has 1 atom stereocenters. The van der Waals surface area contributed by atoms with Crippen LogP contribution in [0.4, 0.5) is 13.2 Å². The first-order chi connectivity index (χ1) is 7.27. The Hall–Kier alpha value is -0.900. The number of hydrogen-bond acceptors (Lipinski definition) is 1. The van der Waals surface area contributed by atoms with Gasteiger partial charge in [0.25, 0.3) is 0 Å². The quantitative estimate of drug-likeness (QED) is 0.719. The summed E-state index contributed by atoms with van der Waals surface area (Å²) in [4.78, 5) is 0. The molecule has 0 fully saturated rings. The van der Waals surface area contributed by atoms with E-state index in [0.29, 0.717) is 16.9 Å². The summed E-state index contributed by atoms with van der Waals surface area (Å²) in [5.41, 5.74) is 1.34. The number of benzene rings is 1. The molecule has 0 aliphatic heterocycles. The fourth-order valence-corrected chi connectivity index (χ4v) is 1.77. The Labute approximate surface area is 97.2 Å². The zero-order valence-electron chi connectivity index (χ0n) is 9.15. The molecule has 1 rings (SSSR count). The Kier molecular flexibility index (Phi) is 3.73. The van der Waals surface area contributed by atoms with E-state index in [0.717, 1.165) is 0 Å². The highest BCUT2D eigenvalue weighted by Crippen LogP contribution is 2.40. The van der Waals surface area contributed by atoms with Gasteiger partial charge in [-0.15, -0.1) is 11.6 Å². The average molecular weight is 253 g/mol. The molecule has 0 saturated heterocycles. The number of alkyl halides is 4. The van der Waals surface area contributed by atoms with Gasteiger partial charge < -0.3 is 4.74 Å². The minimum Gasteiger partial charge on any atom is -0.496 e. The molecule has 0 saturated carbocycles. The van der Waals surface area contributed by atoms with Gasteiger partial charge in [-0.2, -0.15) is 13.2 Å². The molecular weight excluding hydrogens is 241 g/mol. The third kappa shape index (κ3) is 2.61. The lowest BCUT2D eigenvalue weighted by molar-refractivity contribution is -0.131. The smallest absolute Gasteiger partial charge is 0.408 e. The molecule has 0 N–H and O–H groups in total. The monoisotopic (exact) mass is 252 g/mol. The lowest BCUT2D eigenvalue weighted by Crippen LogP contribution is -2.16. The van der Waals surface area contributed by atoms with Crippen molar-refractivity contribution in [2.24, 2.45) is 0 Å². The first-order valence-corrected chi connectivity index (χ1v) is 5.07. The molecule has 16 heavy (non-hydrogen) atoms. The fourth-order valence-electron chi connectivity index (χ4n) is 1.64. The van der Waals surface area contributed by atoms with E-state index in [1.807, 2.05) is 0 Å². The van der Waals surface area contributed by atoms with Crippen molar-refractivity contribution in [3.05, 3.63) is 28.8 Å². The highest BCUT2D eigenvalue weighted by molar-refractivity contribution is 6.21. The predicted molar refractivity (Wildman–Crippen MR) is 57.1 cm³/mol. The van der Waals surface area contributed by atoms with Gasteiger partial charge in [-0.05, 0) is 30.5 Å². The Bertz CT molecular complexity index is 364. The van der Waals surface area contributed by atoms with E-state index in [1.54, 1.807) is 13.8 Å². The van der Waals surface area contributed by atoms with E-state index >= 15 is 0 Å². The van der Waals surface area contributed by atoms with Gasteiger partial charge in [0.2, 0.25) is 0 Å². The van der Waals surface area contributed by atoms with Crippen LogP contribution >= 0.6 is 11.6 Å². The van der Waals surface area contributed by atoms with Crippen molar-refractivity contribution in [1.82, 2.24) is 0 Å². The molecule has 0 aliphatic rings. The number of methoxy groups -OCH3 is 1. The Balaban J connectivity index is 3.19. The maximum absolute atomic E-state index is 12.4. The minimum absolute atomic E-state index is 0.0463. The Morgan fingerprint density at radius 2 is 1.62 bits per heavy atom. The molecule has 1 nitrogen and oxygen atoms in total. The van der Waals surface area contributed by atoms with Gasteiger partial charge in [0.15, 0.2) is 5.38 Å². The number of aryl methyl sites for hydroxylation is 2. The van der Waals surface area contributed by atoms with Crippen molar-refractivity contribution in [3.63, 3.8) is 0 Å². The van der Waals surface area contributed by atoms with Crippen molar-refractivity contribution < 1.29 is 17.9 Å². The standard InChI is InChI=1S/C11H12ClF3O/c1-6-4-8(10(12)11(13,14)15)5-7(2)9(6)16-3/h4-5,10H,1-3H3. The normalized spacial score (nSPS) is 13.7. The molecular formula is C11H12ClF3O. The maximum Gasteiger partial charge on any atom is 0.408 e. The number of rotatable bonds is 2. The van der Waals surface area contributed by atoms with Crippen LogP contribution in [-0.2, 0) is 0 Å². The van der Waals surface area contributed by atoms with Crippen LogP contribution in [0.2, 0.25) is 0 Å². The topological polar surface area (TPSA) is 9.23 Å². The van der Waals surface area contributed by atoms with Gasteiger partial charge in [0.05, 0.1) is 7.11 Å². The van der Waals surface area contributed by atoms with E-state index in [2.05, 4.69) is 0 Å². The molecule has 0 radical (unpaired) electrons. The average Bonchev–Trinajstić information content (AvgIpc) is 2.14. The Morgan fingerprint density at radius 1 is 1.19 bits per heavy atom. The van der Waals surface area contributed by atoms with Crippen LogP contribution in [0.3, 0.4) is 0 Å². The first kappa shape index (κ1) is 13.2. The highest BCUT2D eigenvalue weighted by atomic mass is 35.5. The van der Waals surface area contributed by atoms with Crippen molar-refractivity contribution in [2.75, 3.05) is 7.11 Å². The summed E-state index contributed by atoms with van der Waals surface area (Å²) < 4.78 is 42.3. The second kappa shape index (κ2) is 4.53. The summed E-state index contributed by atoms with van der Waals surface area (Å²) in [6.45, 7) is 3.38. The summed E-state index contributed by atoms with van der Waals surface area (Å²) in [5, 5.41) is -1.98. The van der Waals surface area contributed by atoms with E-state index in [4.69, 9.17) is 16.3 Å². The summed E-state index contributed by atoms with van der Waals surface area (Å²) >= 11 is 5.36. The van der Waals surface area contributed by atoms with Gasteiger partial charge in [0, 0.05) is 0 Å². The number of halogens is 4. The van der Waals surface area contributed by atoms with Gasteiger partial charge >= 0.3 is 6.18 Å². The molecule has 0 spiro atoms. The molecule has 5 heteroatoms. The largest absolute Gasteiger partial charge is 0.496 e. The second-order valence-electron chi connectivity index (χ2n) is 3.59. The highest BCUT2D eigenvalue weighted by Gasteiger charge is 2.39. The van der Waals surface area contributed by atoms with Crippen LogP contribution in [0.5, 0.6) is 5.75 Å². The molecule has 1 aromatic rings. The predicted octanol–water partition coefficient (Wildman–Crippen LogP) is 4.15. The molecule has 0 aliphatic carbocycles. The fraction of sp³-hybridized carbons (Fsp3) is 0.455. The van der Waals surface area contributed by atoms with Crippen LogP contribution in [0.1, 0.15) is 22.1 Å². The number of hydrogen-bond donors (Lipinski definition) is 0. The summed E-state index contributed by atoms with van der Waals surface area (Å²) in [6, 6.07) is 2.80. The van der Waals surface area contributed by atoms with Crippen LogP contribution in [0.25, 0.3) is 0 Å². The molecule has 0 bridgehead atoms. The van der Waals surface area contributed by atoms with Gasteiger partial charge in [-0.3, -0.25) is 0 Å². The molecule has 0 aromatic heterocycles. The van der Waals surface area contributed by atoms with Crippen molar-refractivity contribution in [3.8, 4) is 5.75 Å². The first-order valence-electron chi connectivity index (χ1n) is 4.63. The molecule has 0 amide bonds. The van der Waals surface area contributed by atoms with E-state index in [9.17, 15) is 13.2 Å². The molecule has 90 valence electrons. The van der Waals surface area contributed by atoms with Crippen LogP contribution < -0.4 is 4.74 Å². The Morgan fingerprint density at radius 3 is 1.94 bits per heavy atom. The molecule has 1 unspecified atom stereocenters. The third-order valence-electron chi connectivity index (χ3n) is 2.27.